The van der Waals surface area contributed by atoms with E-state index in [2.05, 4.69) is 15.2 Å². The summed E-state index contributed by atoms with van der Waals surface area (Å²) >= 11 is 0. The van der Waals surface area contributed by atoms with Gasteiger partial charge in [0.25, 0.3) is 5.89 Å². The summed E-state index contributed by atoms with van der Waals surface area (Å²) in [5.41, 5.74) is 7.96. The zero-order chi connectivity index (χ0) is 14.7. The molecule has 1 atom stereocenters. The van der Waals surface area contributed by atoms with Crippen molar-refractivity contribution in [2.75, 3.05) is 0 Å². The second-order valence-electron chi connectivity index (χ2n) is 4.38. The van der Waals surface area contributed by atoms with Gasteiger partial charge in [-0.2, -0.15) is 5.26 Å². The molecule has 6 nitrogen and oxygen atoms in total. The first-order valence-corrected chi connectivity index (χ1v) is 6.28. The lowest BCUT2D eigenvalue weighted by molar-refractivity contribution is 0.483. The number of aromatic nitrogens is 3. The zero-order valence-electron chi connectivity index (χ0n) is 11.0. The highest BCUT2D eigenvalue weighted by Crippen LogP contribution is 2.22. The number of rotatable bonds is 3. The third-order valence-electron chi connectivity index (χ3n) is 2.98. The third-order valence-corrected chi connectivity index (χ3v) is 2.98. The van der Waals surface area contributed by atoms with Crippen molar-refractivity contribution in [1.82, 2.24) is 15.2 Å². The molecule has 102 valence electrons. The van der Waals surface area contributed by atoms with Crippen molar-refractivity contribution < 1.29 is 4.42 Å². The molecule has 21 heavy (non-hydrogen) atoms. The lowest BCUT2D eigenvalue weighted by atomic mass is 10.1. The van der Waals surface area contributed by atoms with E-state index in [1.807, 2.05) is 36.4 Å². The molecule has 0 fully saturated rings. The number of nitrogens with two attached hydrogens (primary N) is 1. The maximum absolute atomic E-state index is 8.74. The average molecular weight is 277 g/mol. The first-order valence-electron chi connectivity index (χ1n) is 6.28. The van der Waals surface area contributed by atoms with Crippen molar-refractivity contribution in [3.05, 3.63) is 65.7 Å². The van der Waals surface area contributed by atoms with Crippen molar-refractivity contribution >= 4 is 0 Å². The van der Waals surface area contributed by atoms with E-state index in [-0.39, 0.29) is 5.89 Å². The van der Waals surface area contributed by atoms with E-state index < -0.39 is 6.04 Å². The molecular formula is C15H11N5O. The smallest absolute Gasteiger partial charge is 0.266 e. The number of pyridine rings is 1. The van der Waals surface area contributed by atoms with Crippen LogP contribution in [0.15, 0.2) is 53.1 Å². The maximum atomic E-state index is 8.74. The molecule has 0 aliphatic rings. The molecule has 1 unspecified atom stereocenters. The number of hydrogen-bond acceptors (Lipinski definition) is 6. The van der Waals surface area contributed by atoms with Crippen LogP contribution in [0.3, 0.4) is 0 Å². The van der Waals surface area contributed by atoms with E-state index in [1.165, 1.54) is 6.20 Å². The van der Waals surface area contributed by atoms with Gasteiger partial charge in [-0.1, -0.05) is 30.3 Å². The topological polar surface area (TPSA) is 102 Å². The van der Waals surface area contributed by atoms with Crippen molar-refractivity contribution in [2.45, 2.75) is 6.04 Å². The Kier molecular flexibility index (Phi) is 3.41. The van der Waals surface area contributed by atoms with Crippen LogP contribution in [-0.2, 0) is 0 Å². The molecule has 2 N–H and O–H groups in total. The largest absolute Gasteiger partial charge is 0.417 e. The third kappa shape index (κ3) is 2.63. The molecule has 1 aromatic carbocycles. The number of hydrogen-bond donors (Lipinski definition) is 1. The predicted octanol–water partition coefficient (Wildman–Crippen LogP) is 2.05. The summed E-state index contributed by atoms with van der Waals surface area (Å²) in [6, 6.07) is 14.3. The van der Waals surface area contributed by atoms with Gasteiger partial charge in [0.1, 0.15) is 17.8 Å². The molecular weight excluding hydrogens is 266 g/mol. The van der Waals surface area contributed by atoms with Gasteiger partial charge in [0.05, 0.1) is 5.56 Å². The maximum Gasteiger partial charge on any atom is 0.266 e. The molecule has 0 spiro atoms. The van der Waals surface area contributed by atoms with Crippen LogP contribution in [0.25, 0.3) is 11.6 Å². The van der Waals surface area contributed by atoms with Crippen molar-refractivity contribution in [2.24, 2.45) is 5.73 Å². The summed E-state index contributed by atoms with van der Waals surface area (Å²) in [6.07, 6.45) is 1.45. The van der Waals surface area contributed by atoms with Gasteiger partial charge in [-0.15, -0.1) is 10.2 Å². The Bertz CT molecular complexity index is 774. The highest BCUT2D eigenvalue weighted by molar-refractivity contribution is 5.47. The standard InChI is InChI=1S/C15H11N5O/c16-8-10-6-7-12(18-9-10)14-19-20-15(21-14)13(17)11-4-2-1-3-5-11/h1-7,9,13H,17H2. The molecule has 3 rings (SSSR count). The van der Waals surface area contributed by atoms with Crippen LogP contribution in [0.1, 0.15) is 23.1 Å². The van der Waals surface area contributed by atoms with Gasteiger partial charge in [0.2, 0.25) is 5.89 Å². The predicted molar refractivity (Wildman–Crippen MR) is 74.7 cm³/mol. The van der Waals surface area contributed by atoms with Gasteiger partial charge in [-0.05, 0) is 17.7 Å². The number of nitriles is 1. The van der Waals surface area contributed by atoms with E-state index >= 15 is 0 Å². The molecule has 0 saturated carbocycles. The summed E-state index contributed by atoms with van der Waals surface area (Å²) in [5, 5.41) is 16.7. The van der Waals surface area contributed by atoms with Crippen LogP contribution < -0.4 is 5.73 Å². The second-order valence-corrected chi connectivity index (χ2v) is 4.38. The monoisotopic (exact) mass is 277 g/mol. The van der Waals surface area contributed by atoms with Gasteiger partial charge in [-0.3, -0.25) is 0 Å². The first kappa shape index (κ1) is 13.0. The second kappa shape index (κ2) is 5.53. The first-order chi connectivity index (χ1) is 10.3. The molecule has 0 bridgehead atoms. The highest BCUT2D eigenvalue weighted by atomic mass is 16.4. The lowest BCUT2D eigenvalue weighted by Gasteiger charge is -2.06. The summed E-state index contributed by atoms with van der Waals surface area (Å²) in [6.45, 7) is 0. The summed E-state index contributed by atoms with van der Waals surface area (Å²) < 4.78 is 5.57. The van der Waals surface area contributed by atoms with E-state index in [1.54, 1.807) is 12.1 Å². The van der Waals surface area contributed by atoms with Gasteiger partial charge in [-0.25, -0.2) is 4.98 Å². The Morgan fingerprint density at radius 2 is 1.90 bits per heavy atom. The quantitative estimate of drug-likeness (QED) is 0.786. The van der Waals surface area contributed by atoms with Crippen LogP contribution in [0.5, 0.6) is 0 Å². The fourth-order valence-electron chi connectivity index (χ4n) is 1.85. The molecule has 3 aromatic rings. The minimum Gasteiger partial charge on any atom is -0.417 e. The van der Waals surface area contributed by atoms with E-state index in [0.717, 1.165) is 5.56 Å². The van der Waals surface area contributed by atoms with Gasteiger partial charge in [0.15, 0.2) is 0 Å². The van der Waals surface area contributed by atoms with Crippen molar-refractivity contribution in [1.29, 1.82) is 5.26 Å². The fourth-order valence-corrected chi connectivity index (χ4v) is 1.85. The van der Waals surface area contributed by atoms with Crippen LogP contribution in [0, 0.1) is 11.3 Å². The van der Waals surface area contributed by atoms with Crippen LogP contribution in [0.2, 0.25) is 0 Å². The lowest BCUT2D eigenvalue weighted by Crippen LogP contribution is -2.11. The van der Waals surface area contributed by atoms with Crippen LogP contribution >= 0.6 is 0 Å². The molecule has 0 aliphatic heterocycles. The molecule has 0 radical (unpaired) electrons. The fraction of sp³-hybridized carbons (Fsp3) is 0.0667. The summed E-state index contributed by atoms with van der Waals surface area (Å²) in [7, 11) is 0. The van der Waals surface area contributed by atoms with Crippen LogP contribution in [-0.4, -0.2) is 15.2 Å². The Balaban J connectivity index is 1.87. The molecule has 2 aromatic heterocycles. The molecule has 0 aliphatic carbocycles. The Morgan fingerprint density at radius 3 is 2.57 bits per heavy atom. The van der Waals surface area contributed by atoms with Crippen molar-refractivity contribution in [3.8, 4) is 17.7 Å². The zero-order valence-corrected chi connectivity index (χ0v) is 11.0. The Labute approximate surface area is 120 Å². The minimum atomic E-state index is -0.481. The van der Waals surface area contributed by atoms with E-state index in [0.29, 0.717) is 17.1 Å². The molecule has 6 heteroatoms. The van der Waals surface area contributed by atoms with Crippen molar-refractivity contribution in [3.63, 3.8) is 0 Å². The normalized spacial score (nSPS) is 11.8. The number of nitrogens with zero attached hydrogens (tertiary/aromatic N) is 4. The summed E-state index contributed by atoms with van der Waals surface area (Å²) in [4.78, 5) is 4.11. The van der Waals surface area contributed by atoms with Gasteiger partial charge >= 0.3 is 0 Å². The Morgan fingerprint density at radius 1 is 1.10 bits per heavy atom. The Hall–Kier alpha value is -3.04. The molecule has 0 saturated heterocycles. The molecule has 0 amide bonds. The SMILES string of the molecule is N#Cc1ccc(-c2nnc(C(N)c3ccccc3)o2)nc1. The van der Waals surface area contributed by atoms with Gasteiger partial charge < -0.3 is 10.2 Å². The number of benzene rings is 1. The van der Waals surface area contributed by atoms with Crippen LogP contribution in [0.4, 0.5) is 0 Å². The van der Waals surface area contributed by atoms with E-state index in [9.17, 15) is 0 Å². The highest BCUT2D eigenvalue weighted by Gasteiger charge is 2.17. The summed E-state index contributed by atoms with van der Waals surface area (Å²) in [5.74, 6) is 0.600. The van der Waals surface area contributed by atoms with Gasteiger partial charge in [0, 0.05) is 6.20 Å². The minimum absolute atomic E-state index is 0.279. The average Bonchev–Trinajstić information content (AvgIpc) is 3.05. The van der Waals surface area contributed by atoms with E-state index in [4.69, 9.17) is 15.4 Å². The molecule has 2 heterocycles.